The van der Waals surface area contributed by atoms with Crippen LogP contribution in [0.15, 0.2) is 36.4 Å². The molecule has 0 fully saturated rings. The van der Waals surface area contributed by atoms with Crippen molar-refractivity contribution in [3.8, 4) is 5.75 Å². The zero-order valence-corrected chi connectivity index (χ0v) is 14.1. The first-order valence-electron chi connectivity index (χ1n) is 7.40. The van der Waals surface area contributed by atoms with Gasteiger partial charge in [-0.2, -0.15) is 0 Å². The topological polar surface area (TPSA) is 34.1 Å². The standard InChI is InChI=1S/C18H20N2OS/c1-11(2)15-14(21-4)10-12(3)16-17(15)22-18(20-16)19-13-8-6-5-7-9-13/h5-11H,1-4H3,(H,19,20). The van der Waals surface area contributed by atoms with Crippen LogP contribution in [0.3, 0.4) is 0 Å². The molecule has 1 aromatic heterocycles. The number of methoxy groups -OCH3 is 1. The molecule has 3 rings (SSSR count). The summed E-state index contributed by atoms with van der Waals surface area (Å²) in [6, 6.07) is 12.2. The lowest BCUT2D eigenvalue weighted by molar-refractivity contribution is 0.408. The number of benzene rings is 2. The van der Waals surface area contributed by atoms with Gasteiger partial charge in [-0.25, -0.2) is 4.98 Å². The minimum absolute atomic E-state index is 0.392. The van der Waals surface area contributed by atoms with Gasteiger partial charge in [0.05, 0.1) is 17.3 Å². The van der Waals surface area contributed by atoms with Gasteiger partial charge in [0.2, 0.25) is 0 Å². The zero-order valence-electron chi connectivity index (χ0n) is 13.3. The molecule has 0 saturated heterocycles. The smallest absolute Gasteiger partial charge is 0.188 e. The minimum atomic E-state index is 0.392. The maximum absolute atomic E-state index is 5.58. The Morgan fingerprint density at radius 2 is 1.91 bits per heavy atom. The predicted octanol–water partition coefficient (Wildman–Crippen LogP) is 5.48. The van der Waals surface area contributed by atoms with Crippen molar-refractivity contribution in [3.63, 3.8) is 0 Å². The summed E-state index contributed by atoms with van der Waals surface area (Å²) in [6.45, 7) is 6.47. The molecule has 3 aromatic rings. The Kier molecular flexibility index (Phi) is 4.03. The number of nitrogens with zero attached hydrogens (tertiary/aromatic N) is 1. The van der Waals surface area contributed by atoms with Crippen LogP contribution >= 0.6 is 11.3 Å². The summed E-state index contributed by atoms with van der Waals surface area (Å²) in [7, 11) is 1.73. The van der Waals surface area contributed by atoms with Crippen LogP contribution in [0.1, 0.15) is 30.9 Å². The number of anilines is 2. The van der Waals surface area contributed by atoms with E-state index in [-0.39, 0.29) is 0 Å². The third-order valence-corrected chi connectivity index (χ3v) is 4.68. The molecule has 0 aliphatic rings. The van der Waals surface area contributed by atoms with E-state index in [0.717, 1.165) is 27.6 Å². The van der Waals surface area contributed by atoms with Crippen molar-refractivity contribution in [2.75, 3.05) is 12.4 Å². The van der Waals surface area contributed by atoms with Crippen LogP contribution in [-0.2, 0) is 0 Å². The van der Waals surface area contributed by atoms with Crippen molar-refractivity contribution in [2.24, 2.45) is 0 Å². The Labute approximate surface area is 135 Å². The summed E-state index contributed by atoms with van der Waals surface area (Å²) >= 11 is 1.69. The molecule has 0 amide bonds. The molecule has 22 heavy (non-hydrogen) atoms. The number of hydrogen-bond acceptors (Lipinski definition) is 4. The minimum Gasteiger partial charge on any atom is -0.496 e. The highest BCUT2D eigenvalue weighted by Gasteiger charge is 2.18. The summed E-state index contributed by atoms with van der Waals surface area (Å²) in [5.41, 5.74) is 4.50. The van der Waals surface area contributed by atoms with Gasteiger partial charge < -0.3 is 10.1 Å². The number of nitrogens with one attached hydrogen (secondary N) is 1. The normalized spacial score (nSPS) is 11.1. The molecule has 0 bridgehead atoms. The van der Waals surface area contributed by atoms with Gasteiger partial charge in [-0.1, -0.05) is 43.4 Å². The molecule has 4 heteroatoms. The second-order valence-corrected chi connectivity index (χ2v) is 6.65. The molecule has 3 nitrogen and oxygen atoms in total. The van der Waals surface area contributed by atoms with E-state index in [0.29, 0.717) is 5.92 Å². The van der Waals surface area contributed by atoms with E-state index in [2.05, 4.69) is 32.2 Å². The van der Waals surface area contributed by atoms with E-state index >= 15 is 0 Å². The van der Waals surface area contributed by atoms with Gasteiger partial charge in [-0.15, -0.1) is 0 Å². The fourth-order valence-electron chi connectivity index (χ4n) is 2.64. The lowest BCUT2D eigenvalue weighted by Gasteiger charge is -2.13. The van der Waals surface area contributed by atoms with Crippen molar-refractivity contribution < 1.29 is 4.74 Å². The molecule has 0 atom stereocenters. The van der Waals surface area contributed by atoms with Crippen molar-refractivity contribution in [2.45, 2.75) is 26.7 Å². The van der Waals surface area contributed by atoms with Crippen LogP contribution in [-0.4, -0.2) is 12.1 Å². The van der Waals surface area contributed by atoms with Crippen molar-refractivity contribution in [1.29, 1.82) is 0 Å². The van der Waals surface area contributed by atoms with Gasteiger partial charge >= 0.3 is 0 Å². The predicted molar refractivity (Wildman–Crippen MR) is 94.7 cm³/mol. The fraction of sp³-hybridized carbons (Fsp3) is 0.278. The fourth-order valence-corrected chi connectivity index (χ4v) is 3.89. The van der Waals surface area contributed by atoms with E-state index in [4.69, 9.17) is 9.72 Å². The van der Waals surface area contributed by atoms with E-state index in [1.807, 2.05) is 30.3 Å². The van der Waals surface area contributed by atoms with Gasteiger partial charge in [-0.3, -0.25) is 0 Å². The number of aromatic nitrogens is 1. The number of thiazole rings is 1. The summed E-state index contributed by atoms with van der Waals surface area (Å²) in [5.74, 6) is 1.35. The summed E-state index contributed by atoms with van der Waals surface area (Å²) in [4.78, 5) is 4.78. The highest BCUT2D eigenvalue weighted by Crippen LogP contribution is 2.40. The maximum atomic E-state index is 5.58. The Morgan fingerprint density at radius 1 is 1.18 bits per heavy atom. The first-order valence-corrected chi connectivity index (χ1v) is 8.22. The van der Waals surface area contributed by atoms with E-state index in [9.17, 15) is 0 Å². The number of para-hydroxylation sites is 1. The molecular weight excluding hydrogens is 292 g/mol. The zero-order chi connectivity index (χ0) is 15.7. The third-order valence-electron chi connectivity index (χ3n) is 3.68. The van der Waals surface area contributed by atoms with Crippen LogP contribution < -0.4 is 10.1 Å². The van der Waals surface area contributed by atoms with Gasteiger partial charge in [-0.05, 0) is 36.6 Å². The molecular formula is C18H20N2OS. The molecule has 114 valence electrons. The Balaban J connectivity index is 2.12. The van der Waals surface area contributed by atoms with Crippen molar-refractivity contribution in [3.05, 3.63) is 47.5 Å². The molecule has 0 aliphatic carbocycles. The third kappa shape index (κ3) is 2.66. The van der Waals surface area contributed by atoms with Crippen molar-refractivity contribution in [1.82, 2.24) is 4.98 Å². The van der Waals surface area contributed by atoms with Crippen molar-refractivity contribution >= 4 is 32.4 Å². The monoisotopic (exact) mass is 312 g/mol. The Hall–Kier alpha value is -2.07. The molecule has 0 unspecified atom stereocenters. The second-order valence-electron chi connectivity index (χ2n) is 5.65. The first-order chi connectivity index (χ1) is 10.6. The average molecular weight is 312 g/mol. The molecule has 2 aromatic carbocycles. The lowest BCUT2D eigenvalue weighted by Crippen LogP contribution is -1.96. The molecule has 1 N–H and O–H groups in total. The van der Waals surface area contributed by atoms with E-state index < -0.39 is 0 Å². The lowest BCUT2D eigenvalue weighted by atomic mass is 9.99. The van der Waals surface area contributed by atoms with Crippen LogP contribution in [0.2, 0.25) is 0 Å². The van der Waals surface area contributed by atoms with Gasteiger partial charge in [0, 0.05) is 11.3 Å². The molecule has 1 heterocycles. The highest BCUT2D eigenvalue weighted by molar-refractivity contribution is 7.22. The average Bonchev–Trinajstić information content (AvgIpc) is 2.91. The number of rotatable bonds is 4. The molecule has 0 saturated carbocycles. The second kappa shape index (κ2) is 5.97. The van der Waals surface area contributed by atoms with Crippen LogP contribution in [0.5, 0.6) is 5.75 Å². The highest BCUT2D eigenvalue weighted by atomic mass is 32.1. The van der Waals surface area contributed by atoms with E-state index in [1.54, 1.807) is 18.4 Å². The Bertz CT molecular complexity index is 794. The van der Waals surface area contributed by atoms with Gasteiger partial charge in [0.15, 0.2) is 5.13 Å². The van der Waals surface area contributed by atoms with Crippen LogP contribution in [0.25, 0.3) is 10.2 Å². The number of hydrogen-bond donors (Lipinski definition) is 1. The Morgan fingerprint density at radius 3 is 2.55 bits per heavy atom. The largest absolute Gasteiger partial charge is 0.496 e. The molecule has 0 aliphatic heterocycles. The summed E-state index contributed by atoms with van der Waals surface area (Å²) < 4.78 is 6.79. The maximum Gasteiger partial charge on any atom is 0.188 e. The van der Waals surface area contributed by atoms with Crippen LogP contribution in [0, 0.1) is 6.92 Å². The molecule has 0 spiro atoms. The summed E-state index contributed by atoms with van der Waals surface area (Å²) in [6.07, 6.45) is 0. The van der Waals surface area contributed by atoms with Gasteiger partial charge in [0.1, 0.15) is 5.75 Å². The molecule has 0 radical (unpaired) electrons. The number of aryl methyl sites for hydroxylation is 1. The summed E-state index contributed by atoms with van der Waals surface area (Å²) in [5, 5.41) is 4.31. The first kappa shape index (κ1) is 14.9. The van der Waals surface area contributed by atoms with Crippen LogP contribution in [0.4, 0.5) is 10.8 Å². The number of fused-ring (bicyclic) bond motifs is 1. The quantitative estimate of drug-likeness (QED) is 0.692. The SMILES string of the molecule is COc1cc(C)c2nc(Nc3ccccc3)sc2c1C(C)C. The van der Waals surface area contributed by atoms with Gasteiger partial charge in [0.25, 0.3) is 0 Å². The number of ether oxygens (including phenoxy) is 1. The van der Waals surface area contributed by atoms with E-state index in [1.165, 1.54) is 10.3 Å².